The van der Waals surface area contributed by atoms with Gasteiger partial charge in [0.05, 0.1) is 12.0 Å². The lowest BCUT2D eigenvalue weighted by molar-refractivity contribution is -0.121. The predicted octanol–water partition coefficient (Wildman–Crippen LogP) is 5.58. The molecule has 4 aromatic rings. The molecule has 1 spiro atoms. The van der Waals surface area contributed by atoms with Crippen LogP contribution in [0.2, 0.25) is 0 Å². The molecule has 206 valence electrons. The molecule has 1 saturated heterocycles. The number of ketones is 2. The lowest BCUT2D eigenvalue weighted by Crippen LogP contribution is -2.51. The van der Waals surface area contributed by atoms with Crippen LogP contribution in [-0.4, -0.2) is 36.4 Å². The van der Waals surface area contributed by atoms with E-state index in [1.54, 1.807) is 30.3 Å². The second kappa shape index (κ2) is 8.91. The topological polar surface area (TPSA) is 84.9 Å². The summed E-state index contributed by atoms with van der Waals surface area (Å²) < 4.78 is 11.1. The molecule has 0 saturated carbocycles. The molecular weight excluding hydrogens is 528 g/mol. The number of amides is 1. The first-order valence-electron chi connectivity index (χ1n) is 14.0. The third kappa shape index (κ3) is 3.25. The molecule has 4 aliphatic rings. The zero-order chi connectivity index (χ0) is 28.6. The smallest absolute Gasteiger partial charge is 0.238 e. The number of benzene rings is 4. The lowest BCUT2D eigenvalue weighted by atomic mass is 9.64. The second-order valence-corrected chi connectivity index (χ2v) is 11.2. The highest BCUT2D eigenvalue weighted by molar-refractivity contribution is 6.18. The number of Topliss-reactive ketones (excluding diaryl/α,β-unsaturated/α-hetero) is 2. The Morgan fingerprint density at radius 3 is 2.50 bits per heavy atom. The van der Waals surface area contributed by atoms with Gasteiger partial charge in [0.25, 0.3) is 0 Å². The fourth-order valence-electron chi connectivity index (χ4n) is 7.30. The van der Waals surface area contributed by atoms with Crippen molar-refractivity contribution in [2.45, 2.75) is 24.4 Å². The third-order valence-electron chi connectivity index (χ3n) is 9.05. The minimum Gasteiger partial charge on any atom is -0.454 e. The summed E-state index contributed by atoms with van der Waals surface area (Å²) in [7, 11) is 0. The number of anilines is 2. The van der Waals surface area contributed by atoms with Crippen molar-refractivity contribution in [3.8, 4) is 11.5 Å². The van der Waals surface area contributed by atoms with Crippen molar-refractivity contribution in [2.75, 3.05) is 17.0 Å². The number of carbonyl (C=O) groups is 3. The number of para-hydroxylation sites is 1. The van der Waals surface area contributed by atoms with Crippen molar-refractivity contribution < 1.29 is 23.9 Å². The van der Waals surface area contributed by atoms with Crippen LogP contribution in [0, 0.1) is 12.8 Å². The number of fused-ring (bicyclic) bond motifs is 7. The number of rotatable bonds is 4. The van der Waals surface area contributed by atoms with Crippen LogP contribution in [0.15, 0.2) is 97.1 Å². The molecule has 7 heteroatoms. The number of ether oxygens (including phenoxy) is 2. The Bertz CT molecular complexity index is 1850. The van der Waals surface area contributed by atoms with Crippen LogP contribution < -0.4 is 19.7 Å². The van der Waals surface area contributed by atoms with Crippen molar-refractivity contribution in [1.82, 2.24) is 0 Å². The molecule has 4 aliphatic heterocycles. The van der Waals surface area contributed by atoms with Crippen LogP contribution in [0.4, 0.5) is 11.4 Å². The van der Waals surface area contributed by atoms with Gasteiger partial charge < -0.3 is 19.7 Å². The number of carbonyl (C=O) groups excluding carboxylic acids is 3. The number of nitrogens with zero attached hydrogens (tertiary/aromatic N) is 1. The lowest BCUT2D eigenvalue weighted by Gasteiger charge is -2.37. The quantitative estimate of drug-likeness (QED) is 0.332. The van der Waals surface area contributed by atoms with E-state index in [9.17, 15) is 14.4 Å². The monoisotopic (exact) mass is 554 g/mol. The summed E-state index contributed by atoms with van der Waals surface area (Å²) in [6.07, 6.45) is 4.00. The zero-order valence-electron chi connectivity index (χ0n) is 22.7. The largest absolute Gasteiger partial charge is 0.454 e. The van der Waals surface area contributed by atoms with Gasteiger partial charge in [-0.25, -0.2) is 0 Å². The van der Waals surface area contributed by atoms with E-state index in [0.717, 1.165) is 16.8 Å². The van der Waals surface area contributed by atoms with Crippen molar-refractivity contribution in [2.24, 2.45) is 5.92 Å². The highest BCUT2D eigenvalue weighted by Crippen LogP contribution is 2.58. The summed E-state index contributed by atoms with van der Waals surface area (Å²) in [6.45, 7) is 2.09. The maximum atomic E-state index is 14.9. The molecule has 4 atom stereocenters. The molecule has 4 heterocycles. The first-order valence-corrected chi connectivity index (χ1v) is 14.0. The SMILES string of the molecule is Cc1ccc2c(c1)C=C[C@H]1N2[C@H](C(=O)c2ccccc2)[C@@H](C(=O)c2ccc3c(c2)OCO3)[C@]12C(=O)Nc1ccccc12. The van der Waals surface area contributed by atoms with Crippen molar-refractivity contribution in [1.29, 1.82) is 0 Å². The van der Waals surface area contributed by atoms with Gasteiger partial charge in [-0.15, -0.1) is 0 Å². The van der Waals surface area contributed by atoms with Gasteiger partial charge in [0.15, 0.2) is 23.1 Å². The normalized spacial score (nSPS) is 24.3. The average Bonchev–Trinajstić information content (AvgIpc) is 3.70. The Hall–Kier alpha value is -5.17. The van der Waals surface area contributed by atoms with Crippen LogP contribution >= 0.6 is 0 Å². The molecule has 8 rings (SSSR count). The standard InChI is InChI=1S/C35H26N2O5/c1-20-11-14-26-22(17-20)13-16-29-35(24-9-5-6-10-25(24)36-34(35)40)30(31(37(26)29)33(39)21-7-3-2-4-8-21)32(38)23-12-15-27-28(18-23)42-19-41-27/h2-18,29-31H,19H2,1H3,(H,36,40)/t29-,30+,31+,35-/m1/s1. The highest BCUT2D eigenvalue weighted by Gasteiger charge is 2.70. The molecule has 1 N–H and O–H groups in total. The summed E-state index contributed by atoms with van der Waals surface area (Å²) in [5, 5.41) is 3.07. The summed E-state index contributed by atoms with van der Waals surface area (Å²) in [4.78, 5) is 46.1. The van der Waals surface area contributed by atoms with E-state index in [1.165, 1.54) is 0 Å². The van der Waals surface area contributed by atoms with Crippen molar-refractivity contribution in [3.63, 3.8) is 0 Å². The second-order valence-electron chi connectivity index (χ2n) is 11.2. The molecule has 1 amide bonds. The van der Waals surface area contributed by atoms with Gasteiger partial charge in [-0.3, -0.25) is 14.4 Å². The van der Waals surface area contributed by atoms with E-state index in [0.29, 0.717) is 33.9 Å². The zero-order valence-corrected chi connectivity index (χ0v) is 22.7. The van der Waals surface area contributed by atoms with Gasteiger partial charge in [-0.05, 0) is 54.4 Å². The molecule has 0 aromatic heterocycles. The van der Waals surface area contributed by atoms with Gasteiger partial charge in [0.1, 0.15) is 11.5 Å². The first kappa shape index (κ1) is 24.6. The Kier molecular flexibility index (Phi) is 5.22. The van der Waals surface area contributed by atoms with E-state index in [1.807, 2.05) is 78.6 Å². The molecule has 42 heavy (non-hydrogen) atoms. The van der Waals surface area contributed by atoms with Crippen LogP contribution in [0.1, 0.15) is 37.4 Å². The number of hydrogen-bond acceptors (Lipinski definition) is 6. The summed E-state index contributed by atoms with van der Waals surface area (Å²) in [5.74, 6) is -0.828. The fraction of sp³-hybridized carbons (Fsp3) is 0.171. The molecule has 1 fully saturated rings. The maximum absolute atomic E-state index is 14.9. The van der Waals surface area contributed by atoms with E-state index in [-0.39, 0.29) is 24.3 Å². The third-order valence-corrected chi connectivity index (χ3v) is 9.05. The fourth-order valence-corrected chi connectivity index (χ4v) is 7.30. The van der Waals surface area contributed by atoms with E-state index < -0.39 is 23.4 Å². The Morgan fingerprint density at radius 1 is 0.857 bits per heavy atom. The van der Waals surface area contributed by atoms with E-state index in [2.05, 4.69) is 11.4 Å². The Labute approximate surface area is 242 Å². The van der Waals surface area contributed by atoms with Crippen molar-refractivity contribution >= 4 is 34.9 Å². The minimum atomic E-state index is -1.36. The maximum Gasteiger partial charge on any atom is 0.238 e. The summed E-state index contributed by atoms with van der Waals surface area (Å²) >= 11 is 0. The van der Waals surface area contributed by atoms with Crippen molar-refractivity contribution in [3.05, 3.63) is 125 Å². The van der Waals surface area contributed by atoms with Gasteiger partial charge in [0.2, 0.25) is 12.7 Å². The molecule has 0 bridgehead atoms. The Morgan fingerprint density at radius 2 is 1.64 bits per heavy atom. The van der Waals surface area contributed by atoms with Crippen LogP contribution in [0.3, 0.4) is 0 Å². The summed E-state index contributed by atoms with van der Waals surface area (Å²) in [5.41, 5.74) is 3.69. The highest BCUT2D eigenvalue weighted by atomic mass is 16.7. The molecule has 7 nitrogen and oxygen atoms in total. The Balaban J connectivity index is 1.42. The van der Waals surface area contributed by atoms with Crippen LogP contribution in [0.25, 0.3) is 6.08 Å². The minimum absolute atomic E-state index is 0.0715. The number of hydrogen-bond donors (Lipinski definition) is 1. The average molecular weight is 555 g/mol. The van der Waals surface area contributed by atoms with E-state index >= 15 is 0 Å². The molecule has 4 aromatic carbocycles. The molecular formula is C35H26N2O5. The first-order chi connectivity index (χ1) is 20.5. The number of nitrogens with one attached hydrogen (secondary N) is 1. The van der Waals surface area contributed by atoms with Crippen LogP contribution in [-0.2, 0) is 10.2 Å². The van der Waals surface area contributed by atoms with Crippen LogP contribution in [0.5, 0.6) is 11.5 Å². The van der Waals surface area contributed by atoms with Gasteiger partial charge in [-0.1, -0.05) is 72.3 Å². The predicted molar refractivity (Wildman–Crippen MR) is 158 cm³/mol. The van der Waals surface area contributed by atoms with Gasteiger partial charge in [0, 0.05) is 22.5 Å². The molecule has 0 radical (unpaired) electrons. The van der Waals surface area contributed by atoms with E-state index in [4.69, 9.17) is 9.47 Å². The molecule has 0 aliphatic carbocycles. The number of aryl methyl sites for hydroxylation is 1. The van der Waals surface area contributed by atoms with Gasteiger partial charge >= 0.3 is 0 Å². The molecule has 0 unspecified atom stereocenters. The summed E-state index contributed by atoms with van der Waals surface area (Å²) in [6, 6.07) is 26.1. The van der Waals surface area contributed by atoms with Gasteiger partial charge in [-0.2, -0.15) is 0 Å².